The highest BCUT2D eigenvalue weighted by atomic mass is 32.1. The average Bonchev–Trinajstić information content (AvgIpc) is 3.32. The summed E-state index contributed by atoms with van der Waals surface area (Å²) in [6.07, 6.45) is 0.808. The summed E-state index contributed by atoms with van der Waals surface area (Å²) < 4.78 is 39.6. The molecule has 1 N–H and O–H groups in total. The summed E-state index contributed by atoms with van der Waals surface area (Å²) in [6.45, 7) is 1.89. The molecule has 0 saturated carbocycles. The third kappa shape index (κ3) is 3.69. The molecular formula is C19H19F3N2OS2. The number of nitrogens with zero attached hydrogens (tertiary/aromatic N) is 1. The van der Waals surface area contributed by atoms with Gasteiger partial charge in [0.2, 0.25) is 0 Å². The van der Waals surface area contributed by atoms with Crippen molar-refractivity contribution in [1.82, 2.24) is 4.98 Å². The van der Waals surface area contributed by atoms with Crippen LogP contribution in [0, 0.1) is 12.8 Å². The number of carbonyl (C=O) groups excluding carboxylic acids is 1. The van der Waals surface area contributed by atoms with Crippen LogP contribution in [0.1, 0.15) is 41.8 Å². The van der Waals surface area contributed by atoms with Gasteiger partial charge in [-0.3, -0.25) is 4.79 Å². The van der Waals surface area contributed by atoms with Crippen molar-refractivity contribution in [2.45, 2.75) is 51.6 Å². The molecule has 0 unspecified atom stereocenters. The number of allylic oxidation sites excluding steroid dienone is 1. The van der Waals surface area contributed by atoms with Gasteiger partial charge in [-0.05, 0) is 51.0 Å². The Morgan fingerprint density at radius 2 is 2.15 bits per heavy atom. The molecule has 2 aromatic heterocycles. The monoisotopic (exact) mass is 412 g/mol. The van der Waals surface area contributed by atoms with Crippen molar-refractivity contribution in [1.29, 1.82) is 0 Å². The van der Waals surface area contributed by atoms with Gasteiger partial charge in [-0.15, -0.1) is 22.7 Å². The largest absolute Gasteiger partial charge is 0.392 e. The maximum Gasteiger partial charge on any atom is 0.392 e. The molecule has 2 heterocycles. The van der Waals surface area contributed by atoms with E-state index in [2.05, 4.69) is 10.3 Å². The first kappa shape index (κ1) is 18.7. The van der Waals surface area contributed by atoms with Gasteiger partial charge < -0.3 is 5.32 Å². The van der Waals surface area contributed by atoms with Gasteiger partial charge in [0, 0.05) is 27.1 Å². The Kier molecular flexibility index (Phi) is 4.88. The summed E-state index contributed by atoms with van der Waals surface area (Å²) in [7, 11) is 0. The highest BCUT2D eigenvalue weighted by Gasteiger charge is 2.42. The Balaban J connectivity index is 1.71. The number of amides is 1. The number of thiophene rings is 1. The first-order chi connectivity index (χ1) is 12.8. The number of halogens is 3. The minimum atomic E-state index is -4.18. The van der Waals surface area contributed by atoms with E-state index < -0.39 is 12.1 Å². The number of aryl methyl sites for hydroxylation is 1. The van der Waals surface area contributed by atoms with Crippen molar-refractivity contribution in [2.24, 2.45) is 5.92 Å². The molecule has 1 atom stereocenters. The Morgan fingerprint density at radius 3 is 2.78 bits per heavy atom. The van der Waals surface area contributed by atoms with E-state index in [0.717, 1.165) is 51.5 Å². The molecule has 0 radical (unpaired) electrons. The molecule has 2 aromatic rings. The molecule has 27 heavy (non-hydrogen) atoms. The van der Waals surface area contributed by atoms with Gasteiger partial charge in [0.05, 0.1) is 5.92 Å². The summed E-state index contributed by atoms with van der Waals surface area (Å²) >= 11 is 2.75. The quantitative estimate of drug-likeness (QED) is 0.682. The summed E-state index contributed by atoms with van der Waals surface area (Å²) in [5.74, 6) is -1.45. The van der Waals surface area contributed by atoms with Crippen LogP contribution >= 0.6 is 22.7 Å². The van der Waals surface area contributed by atoms with E-state index in [-0.39, 0.29) is 18.7 Å². The van der Waals surface area contributed by atoms with Crippen molar-refractivity contribution in [3.8, 4) is 10.6 Å². The molecule has 4 rings (SSSR count). The third-order valence-corrected chi connectivity index (χ3v) is 7.27. The van der Waals surface area contributed by atoms with Crippen molar-refractivity contribution in [3.05, 3.63) is 33.2 Å². The Labute approximate surface area is 163 Å². The highest BCUT2D eigenvalue weighted by molar-refractivity contribution is 7.18. The first-order valence-electron chi connectivity index (χ1n) is 8.97. The second-order valence-electron chi connectivity index (χ2n) is 7.06. The molecule has 3 nitrogen and oxygen atoms in total. The maximum atomic E-state index is 13.2. The normalized spacial score (nSPS) is 19.7. The van der Waals surface area contributed by atoms with E-state index in [1.807, 2.05) is 18.4 Å². The number of thiazole rings is 1. The lowest BCUT2D eigenvalue weighted by molar-refractivity contribution is -0.176. The minimum absolute atomic E-state index is 0.0145. The minimum Gasteiger partial charge on any atom is -0.313 e. The number of nitrogens with one attached hydrogen (secondary N) is 1. The molecule has 0 saturated heterocycles. The van der Waals surface area contributed by atoms with E-state index in [4.69, 9.17) is 0 Å². The molecule has 2 aliphatic carbocycles. The van der Waals surface area contributed by atoms with E-state index in [9.17, 15) is 18.0 Å². The number of aromatic nitrogens is 1. The van der Waals surface area contributed by atoms with E-state index in [1.165, 1.54) is 22.7 Å². The number of anilines is 1. The van der Waals surface area contributed by atoms with E-state index >= 15 is 0 Å². The summed E-state index contributed by atoms with van der Waals surface area (Å²) in [6, 6.07) is 0. The van der Waals surface area contributed by atoms with Crippen LogP contribution in [0.15, 0.2) is 17.0 Å². The molecule has 0 aliphatic heterocycles. The summed E-state index contributed by atoms with van der Waals surface area (Å²) in [4.78, 5) is 17.8. The van der Waals surface area contributed by atoms with Gasteiger partial charge in [0.15, 0.2) is 0 Å². The Morgan fingerprint density at radius 1 is 1.33 bits per heavy atom. The second-order valence-corrected chi connectivity index (χ2v) is 9.02. The van der Waals surface area contributed by atoms with Crippen molar-refractivity contribution in [2.75, 3.05) is 5.32 Å². The maximum absolute atomic E-state index is 13.2. The molecule has 0 bridgehead atoms. The topological polar surface area (TPSA) is 42.0 Å². The standard InChI is InChI=1S/C19H19F3N2OS2/c1-10-9-26-17(23-10)15-13-7-6-12(19(20,21)22)8-14(13)27-18(15)24-16(25)11-4-2-3-5-11/h4,9,12H,2-3,5-8H2,1H3,(H,24,25)/t12-/m1/s1. The van der Waals surface area contributed by atoms with E-state index in [1.54, 1.807) is 0 Å². The molecule has 144 valence electrons. The number of fused-ring (bicyclic) bond motifs is 1. The number of carbonyl (C=O) groups is 1. The van der Waals surface area contributed by atoms with Crippen LogP contribution < -0.4 is 5.32 Å². The van der Waals surface area contributed by atoms with E-state index in [0.29, 0.717) is 11.4 Å². The fraction of sp³-hybridized carbons (Fsp3) is 0.474. The number of hydrogen-bond acceptors (Lipinski definition) is 4. The van der Waals surface area contributed by atoms with Gasteiger partial charge in [0.1, 0.15) is 10.0 Å². The van der Waals surface area contributed by atoms with Crippen LogP contribution in [0.2, 0.25) is 0 Å². The third-order valence-electron chi connectivity index (χ3n) is 5.12. The summed E-state index contributed by atoms with van der Waals surface area (Å²) in [5.41, 5.74) is 3.37. The van der Waals surface area contributed by atoms with Gasteiger partial charge in [0.25, 0.3) is 5.91 Å². The van der Waals surface area contributed by atoms with Crippen LogP contribution in [-0.2, 0) is 17.6 Å². The highest BCUT2D eigenvalue weighted by Crippen LogP contribution is 2.48. The fourth-order valence-electron chi connectivity index (χ4n) is 3.71. The molecule has 0 aromatic carbocycles. The molecule has 0 spiro atoms. The average molecular weight is 413 g/mol. The van der Waals surface area contributed by atoms with Crippen LogP contribution in [0.5, 0.6) is 0 Å². The van der Waals surface area contributed by atoms with Gasteiger partial charge in [-0.25, -0.2) is 4.98 Å². The van der Waals surface area contributed by atoms with Gasteiger partial charge in [-0.2, -0.15) is 13.2 Å². The number of alkyl halides is 3. The van der Waals surface area contributed by atoms with Crippen LogP contribution in [0.3, 0.4) is 0 Å². The fourth-order valence-corrected chi connectivity index (χ4v) is 5.97. The van der Waals surface area contributed by atoms with Crippen LogP contribution in [0.25, 0.3) is 10.6 Å². The molecule has 1 amide bonds. The molecular weight excluding hydrogens is 393 g/mol. The summed E-state index contributed by atoms with van der Waals surface area (Å²) in [5, 5.41) is 6.29. The second kappa shape index (κ2) is 7.05. The Bertz CT molecular complexity index is 911. The predicted octanol–water partition coefficient (Wildman–Crippen LogP) is 5.90. The predicted molar refractivity (Wildman–Crippen MR) is 102 cm³/mol. The lowest BCUT2D eigenvalue weighted by atomic mass is 9.87. The number of rotatable bonds is 3. The van der Waals surface area contributed by atoms with Gasteiger partial charge >= 0.3 is 6.18 Å². The first-order valence-corrected chi connectivity index (χ1v) is 10.7. The smallest absolute Gasteiger partial charge is 0.313 e. The number of hydrogen-bond donors (Lipinski definition) is 1. The molecule has 8 heteroatoms. The molecule has 0 fully saturated rings. The zero-order valence-electron chi connectivity index (χ0n) is 14.8. The van der Waals surface area contributed by atoms with Crippen LogP contribution in [-0.4, -0.2) is 17.1 Å². The lowest BCUT2D eigenvalue weighted by Crippen LogP contribution is -2.28. The van der Waals surface area contributed by atoms with Crippen molar-refractivity contribution in [3.63, 3.8) is 0 Å². The Hall–Kier alpha value is -1.67. The van der Waals surface area contributed by atoms with Gasteiger partial charge in [-0.1, -0.05) is 6.08 Å². The van der Waals surface area contributed by atoms with Crippen molar-refractivity contribution < 1.29 is 18.0 Å². The lowest BCUT2D eigenvalue weighted by Gasteiger charge is -2.24. The zero-order chi connectivity index (χ0) is 19.2. The molecule has 2 aliphatic rings. The van der Waals surface area contributed by atoms with Crippen LogP contribution in [0.4, 0.5) is 18.2 Å². The zero-order valence-corrected chi connectivity index (χ0v) is 16.4. The SMILES string of the molecule is Cc1csc(-c2c(NC(=O)C3=CCCC3)sc3c2CC[C@@H](C(F)(F)F)C3)n1. The van der Waals surface area contributed by atoms with Crippen molar-refractivity contribution >= 4 is 33.6 Å².